The molecule has 0 aliphatic carbocycles. The van der Waals surface area contributed by atoms with E-state index < -0.39 is 23.9 Å². The SMILES string of the molecule is CC(=O)[O-].CC(=O)[O-].CC(=O)[O-].CC(=O)[O-].[Zn]. The molecule has 0 radical (unpaired) electrons. The molecule has 8 nitrogen and oxygen atoms in total. The standard InChI is InChI=1S/4C2H4O2.Zn/c4*1-2(3)4;/h4*1H3,(H,3,4);/p-4. The van der Waals surface area contributed by atoms with E-state index in [1.165, 1.54) is 0 Å². The Morgan fingerprint density at radius 3 is 0.529 bits per heavy atom. The van der Waals surface area contributed by atoms with E-state index in [9.17, 15) is 0 Å². The largest absolute Gasteiger partial charge is 0.550 e. The topological polar surface area (TPSA) is 161 Å². The van der Waals surface area contributed by atoms with Crippen molar-refractivity contribution in [3.8, 4) is 0 Å². The maximum atomic E-state index is 8.89. The van der Waals surface area contributed by atoms with Gasteiger partial charge in [-0.05, 0) is 27.7 Å². The van der Waals surface area contributed by atoms with Gasteiger partial charge in [0, 0.05) is 43.4 Å². The van der Waals surface area contributed by atoms with E-state index in [0.29, 0.717) is 0 Å². The molecule has 0 fully saturated rings. The molecular formula is C8H12O8Zn-4. The van der Waals surface area contributed by atoms with Crippen molar-refractivity contribution in [3.05, 3.63) is 0 Å². The van der Waals surface area contributed by atoms with Gasteiger partial charge in [-0.2, -0.15) is 0 Å². The van der Waals surface area contributed by atoms with Gasteiger partial charge in [-0.1, -0.05) is 0 Å². The molecule has 0 aliphatic heterocycles. The molecule has 0 N–H and O–H groups in total. The molecule has 0 atom stereocenters. The zero-order chi connectivity index (χ0) is 14.3. The van der Waals surface area contributed by atoms with Crippen LogP contribution in [0.15, 0.2) is 0 Å². The monoisotopic (exact) mass is 300 g/mol. The van der Waals surface area contributed by atoms with Gasteiger partial charge in [-0.25, -0.2) is 0 Å². The second-order valence-electron chi connectivity index (χ2n) is 1.97. The van der Waals surface area contributed by atoms with E-state index in [-0.39, 0.29) is 19.5 Å². The van der Waals surface area contributed by atoms with E-state index in [1.807, 2.05) is 0 Å². The van der Waals surface area contributed by atoms with Crippen LogP contribution in [0, 0.1) is 0 Å². The Bertz CT molecular complexity index is 162. The van der Waals surface area contributed by atoms with Crippen LogP contribution in [-0.2, 0) is 38.7 Å². The average molecular weight is 302 g/mol. The summed E-state index contributed by atoms with van der Waals surface area (Å²) in [6, 6.07) is 0. The van der Waals surface area contributed by atoms with Crippen LogP contribution < -0.4 is 20.4 Å². The molecule has 0 spiro atoms. The van der Waals surface area contributed by atoms with Gasteiger partial charge < -0.3 is 39.6 Å². The Kier molecular flexibility index (Phi) is 41.7. The van der Waals surface area contributed by atoms with Crippen LogP contribution in [0.3, 0.4) is 0 Å². The summed E-state index contributed by atoms with van der Waals surface area (Å²) in [5, 5.41) is 35.6. The zero-order valence-electron chi connectivity index (χ0n) is 9.97. The fraction of sp³-hybridized carbons (Fsp3) is 0.500. The van der Waals surface area contributed by atoms with E-state index in [2.05, 4.69) is 0 Å². The second-order valence-corrected chi connectivity index (χ2v) is 1.97. The van der Waals surface area contributed by atoms with Gasteiger partial charge in [0.1, 0.15) is 0 Å². The zero-order valence-corrected chi connectivity index (χ0v) is 12.9. The molecule has 0 saturated carbocycles. The van der Waals surface area contributed by atoms with Gasteiger partial charge in [0.2, 0.25) is 0 Å². The molecule has 0 heterocycles. The molecule has 0 saturated heterocycles. The molecule has 0 amide bonds. The van der Waals surface area contributed by atoms with Crippen LogP contribution in [0.4, 0.5) is 0 Å². The van der Waals surface area contributed by atoms with Crippen molar-refractivity contribution in [3.63, 3.8) is 0 Å². The number of carbonyl (C=O) groups is 4. The first-order valence-electron chi connectivity index (χ1n) is 3.63. The first-order valence-corrected chi connectivity index (χ1v) is 3.63. The summed E-state index contributed by atoms with van der Waals surface area (Å²) in [5.41, 5.74) is 0. The van der Waals surface area contributed by atoms with Crippen molar-refractivity contribution >= 4 is 23.9 Å². The van der Waals surface area contributed by atoms with Crippen LogP contribution in [0.2, 0.25) is 0 Å². The molecule has 0 unspecified atom stereocenters. The minimum atomic E-state index is -1.08. The number of carboxylic acid groups (broad SMARTS) is 4. The second kappa shape index (κ2) is 24.0. The molecule has 98 valence electrons. The van der Waals surface area contributed by atoms with Crippen molar-refractivity contribution in [2.24, 2.45) is 0 Å². The van der Waals surface area contributed by atoms with Crippen molar-refractivity contribution in [2.45, 2.75) is 27.7 Å². The predicted octanol–water partition coefficient (Wildman–Crippen LogP) is -4.98. The fourth-order valence-corrected chi connectivity index (χ4v) is 0. The summed E-state index contributed by atoms with van der Waals surface area (Å²) in [7, 11) is 0. The average Bonchev–Trinajstić information content (AvgIpc) is 1.76. The summed E-state index contributed by atoms with van der Waals surface area (Å²) in [6.45, 7) is 3.89. The van der Waals surface area contributed by atoms with E-state index in [1.54, 1.807) is 0 Å². The van der Waals surface area contributed by atoms with Gasteiger partial charge in [-0.15, -0.1) is 0 Å². The van der Waals surface area contributed by atoms with Crippen LogP contribution in [-0.4, -0.2) is 23.9 Å². The molecule has 0 aromatic rings. The van der Waals surface area contributed by atoms with Gasteiger partial charge in [0.15, 0.2) is 0 Å². The first-order chi connectivity index (χ1) is 6.93. The molecule has 17 heavy (non-hydrogen) atoms. The van der Waals surface area contributed by atoms with Crippen molar-refractivity contribution < 1.29 is 59.1 Å². The number of carboxylic acids is 4. The molecule has 0 bridgehead atoms. The number of hydrogen-bond acceptors (Lipinski definition) is 8. The number of rotatable bonds is 0. The molecule has 0 rings (SSSR count). The van der Waals surface area contributed by atoms with Gasteiger partial charge in [0.05, 0.1) is 0 Å². The minimum absolute atomic E-state index is 0. The minimum Gasteiger partial charge on any atom is -0.550 e. The summed E-state index contributed by atoms with van der Waals surface area (Å²) in [5.74, 6) is -4.33. The Balaban J connectivity index is -0.0000000369. The van der Waals surface area contributed by atoms with Crippen molar-refractivity contribution in [2.75, 3.05) is 0 Å². The third-order valence-electron chi connectivity index (χ3n) is 0. The van der Waals surface area contributed by atoms with E-state index in [4.69, 9.17) is 39.6 Å². The van der Waals surface area contributed by atoms with Crippen LogP contribution in [0.1, 0.15) is 27.7 Å². The van der Waals surface area contributed by atoms with Gasteiger partial charge in [-0.3, -0.25) is 0 Å². The van der Waals surface area contributed by atoms with Crippen LogP contribution in [0.25, 0.3) is 0 Å². The Morgan fingerprint density at radius 2 is 0.529 bits per heavy atom. The number of aliphatic carboxylic acids is 4. The van der Waals surface area contributed by atoms with E-state index >= 15 is 0 Å². The van der Waals surface area contributed by atoms with Gasteiger partial charge in [0.25, 0.3) is 0 Å². The number of hydrogen-bond donors (Lipinski definition) is 0. The maximum absolute atomic E-state index is 8.89. The molecule has 0 aromatic carbocycles. The first kappa shape index (κ1) is 29.6. The van der Waals surface area contributed by atoms with Crippen LogP contribution >= 0.6 is 0 Å². The number of carbonyl (C=O) groups excluding carboxylic acids is 4. The molecule has 0 aliphatic rings. The van der Waals surface area contributed by atoms with Gasteiger partial charge >= 0.3 is 0 Å². The smallest absolute Gasteiger partial charge is 0.0383 e. The normalized spacial score (nSPS) is 5.88. The third kappa shape index (κ3) is 1010. The summed E-state index contributed by atoms with van der Waals surface area (Å²) < 4.78 is 0. The Morgan fingerprint density at radius 1 is 0.529 bits per heavy atom. The Labute approximate surface area is 111 Å². The van der Waals surface area contributed by atoms with Crippen molar-refractivity contribution in [1.29, 1.82) is 0 Å². The molecule has 0 aromatic heterocycles. The quantitative estimate of drug-likeness (QED) is 0.402. The van der Waals surface area contributed by atoms with E-state index in [0.717, 1.165) is 27.7 Å². The summed E-state index contributed by atoms with van der Waals surface area (Å²) in [4.78, 5) is 35.6. The maximum Gasteiger partial charge on any atom is 0.0383 e. The van der Waals surface area contributed by atoms with Crippen molar-refractivity contribution in [1.82, 2.24) is 0 Å². The summed E-state index contributed by atoms with van der Waals surface area (Å²) in [6.07, 6.45) is 0. The summed E-state index contributed by atoms with van der Waals surface area (Å²) >= 11 is 0. The molecular weight excluding hydrogens is 289 g/mol. The predicted molar refractivity (Wildman–Crippen MR) is 42.7 cm³/mol. The van der Waals surface area contributed by atoms with Crippen LogP contribution in [0.5, 0.6) is 0 Å². The Hall–Kier alpha value is -1.50. The molecule has 9 heteroatoms. The third-order valence-corrected chi connectivity index (χ3v) is 0. The fourth-order valence-electron chi connectivity index (χ4n) is 0.